The van der Waals surface area contributed by atoms with E-state index >= 15 is 0 Å². The molecular formula is C25H29N3OS. The summed E-state index contributed by atoms with van der Waals surface area (Å²) in [5.41, 5.74) is 5.93. The first-order chi connectivity index (χ1) is 14.3. The fourth-order valence-corrected chi connectivity index (χ4v) is 5.41. The van der Waals surface area contributed by atoms with Crippen LogP contribution in [0.5, 0.6) is 0 Å². The minimum atomic E-state index is -0.0899. The second kappa shape index (κ2) is 7.95. The number of hydrogen-bond acceptors (Lipinski definition) is 4. The Kier molecular flexibility index (Phi) is 5.49. The highest BCUT2D eigenvalue weighted by atomic mass is 32.2. The molecule has 2 heterocycles. The lowest BCUT2D eigenvalue weighted by Crippen LogP contribution is -2.48. The highest BCUT2D eigenvalue weighted by Gasteiger charge is 2.35. The van der Waals surface area contributed by atoms with E-state index in [2.05, 4.69) is 61.1 Å². The first kappa shape index (κ1) is 20.7. The van der Waals surface area contributed by atoms with Crippen molar-refractivity contribution in [3.8, 4) is 0 Å². The van der Waals surface area contributed by atoms with Crippen LogP contribution in [0.25, 0.3) is 6.08 Å². The molecule has 1 fully saturated rings. The molecule has 2 aliphatic rings. The Balaban J connectivity index is 1.60. The normalized spacial score (nSPS) is 23.0. The molecule has 2 aliphatic heterocycles. The van der Waals surface area contributed by atoms with Crippen molar-refractivity contribution in [3.63, 3.8) is 0 Å². The lowest BCUT2D eigenvalue weighted by molar-refractivity contribution is -0.115. The fourth-order valence-electron chi connectivity index (χ4n) is 4.57. The number of amides is 1. The number of amidine groups is 1. The van der Waals surface area contributed by atoms with Crippen molar-refractivity contribution in [1.82, 2.24) is 5.32 Å². The summed E-state index contributed by atoms with van der Waals surface area (Å²) < 4.78 is 0. The van der Waals surface area contributed by atoms with Crippen molar-refractivity contribution in [2.75, 3.05) is 11.4 Å². The smallest absolute Gasteiger partial charge is 0.264 e. The SMILES string of the molecule is CCN1c2ccc(/C=C3\SC(=Nc4ccc(C)cc4)NC3=O)cc2C(C)CC1(C)C. The molecule has 1 N–H and O–H groups in total. The third kappa shape index (κ3) is 4.04. The Bertz CT molecular complexity index is 1040. The quantitative estimate of drug-likeness (QED) is 0.621. The zero-order valence-electron chi connectivity index (χ0n) is 18.3. The van der Waals surface area contributed by atoms with Gasteiger partial charge in [-0.1, -0.05) is 30.7 Å². The number of fused-ring (bicyclic) bond motifs is 1. The third-order valence-electron chi connectivity index (χ3n) is 5.94. The molecule has 0 aromatic heterocycles. The molecule has 156 valence electrons. The predicted octanol–water partition coefficient (Wildman–Crippen LogP) is 6.00. The summed E-state index contributed by atoms with van der Waals surface area (Å²) in [6.07, 6.45) is 3.09. The highest BCUT2D eigenvalue weighted by Crippen LogP contribution is 2.43. The number of aryl methyl sites for hydroxylation is 1. The van der Waals surface area contributed by atoms with E-state index in [1.54, 1.807) is 0 Å². The summed E-state index contributed by atoms with van der Waals surface area (Å²) in [6.45, 7) is 12.2. The van der Waals surface area contributed by atoms with Crippen LogP contribution in [0.4, 0.5) is 11.4 Å². The van der Waals surface area contributed by atoms with E-state index in [4.69, 9.17) is 0 Å². The number of carbonyl (C=O) groups is 1. The lowest BCUT2D eigenvalue weighted by atomic mass is 9.79. The van der Waals surface area contributed by atoms with E-state index in [1.165, 1.54) is 28.6 Å². The number of benzene rings is 2. The third-order valence-corrected chi connectivity index (χ3v) is 6.85. The van der Waals surface area contributed by atoms with Crippen LogP contribution in [0.3, 0.4) is 0 Å². The maximum Gasteiger partial charge on any atom is 0.264 e. The van der Waals surface area contributed by atoms with Gasteiger partial charge in [0.15, 0.2) is 5.17 Å². The summed E-state index contributed by atoms with van der Waals surface area (Å²) in [6, 6.07) is 14.5. The number of aliphatic imine (C=N–C) groups is 1. The number of thioether (sulfide) groups is 1. The van der Waals surface area contributed by atoms with Crippen LogP contribution in [0, 0.1) is 6.92 Å². The molecular weight excluding hydrogens is 390 g/mol. The minimum Gasteiger partial charge on any atom is -0.366 e. The standard InChI is InChI=1S/C25H29N3OS/c1-6-28-21-12-9-18(13-20(21)17(3)15-25(28,4)5)14-22-23(29)27-24(30-22)26-19-10-7-16(2)8-11-19/h7-14,17H,6,15H2,1-5H3,(H,26,27,29)/b22-14-. The maximum atomic E-state index is 12.5. The van der Waals surface area contributed by atoms with Gasteiger partial charge in [-0.15, -0.1) is 0 Å². The molecule has 4 nitrogen and oxygen atoms in total. The van der Waals surface area contributed by atoms with Crippen molar-refractivity contribution >= 4 is 40.3 Å². The summed E-state index contributed by atoms with van der Waals surface area (Å²) in [4.78, 5) is 20.2. The fraction of sp³-hybridized carbons (Fsp3) is 0.360. The molecule has 4 rings (SSSR count). The van der Waals surface area contributed by atoms with Crippen LogP contribution < -0.4 is 10.2 Å². The van der Waals surface area contributed by atoms with Gasteiger partial charge in [0.05, 0.1) is 10.6 Å². The van der Waals surface area contributed by atoms with E-state index < -0.39 is 0 Å². The second-order valence-electron chi connectivity index (χ2n) is 8.80. The summed E-state index contributed by atoms with van der Waals surface area (Å²) in [7, 11) is 0. The minimum absolute atomic E-state index is 0.0899. The Morgan fingerprint density at radius 3 is 2.67 bits per heavy atom. The second-order valence-corrected chi connectivity index (χ2v) is 9.83. The zero-order chi connectivity index (χ0) is 21.5. The summed E-state index contributed by atoms with van der Waals surface area (Å²) in [5.74, 6) is 0.396. The number of nitrogens with one attached hydrogen (secondary N) is 1. The average Bonchev–Trinajstić information content (AvgIpc) is 3.02. The Morgan fingerprint density at radius 1 is 1.23 bits per heavy atom. The molecule has 0 radical (unpaired) electrons. The van der Waals surface area contributed by atoms with E-state index in [0.29, 0.717) is 16.0 Å². The van der Waals surface area contributed by atoms with Gasteiger partial charge in [-0.2, -0.15) is 0 Å². The van der Waals surface area contributed by atoms with Gasteiger partial charge in [-0.3, -0.25) is 4.79 Å². The molecule has 2 aromatic carbocycles. The topological polar surface area (TPSA) is 44.7 Å². The first-order valence-corrected chi connectivity index (χ1v) is 11.4. The van der Waals surface area contributed by atoms with Crippen LogP contribution in [0.1, 0.15) is 56.7 Å². The molecule has 1 unspecified atom stereocenters. The number of rotatable bonds is 3. The van der Waals surface area contributed by atoms with Gasteiger partial charge in [0.2, 0.25) is 0 Å². The molecule has 0 aliphatic carbocycles. The van der Waals surface area contributed by atoms with Gasteiger partial charge in [0, 0.05) is 17.8 Å². The predicted molar refractivity (Wildman–Crippen MR) is 129 cm³/mol. The summed E-state index contributed by atoms with van der Waals surface area (Å²) >= 11 is 1.40. The van der Waals surface area contributed by atoms with Gasteiger partial charge >= 0.3 is 0 Å². The number of nitrogens with zero attached hydrogens (tertiary/aromatic N) is 2. The Labute approximate surface area is 183 Å². The van der Waals surface area contributed by atoms with Crippen molar-refractivity contribution < 1.29 is 4.79 Å². The monoisotopic (exact) mass is 419 g/mol. The van der Waals surface area contributed by atoms with Crippen LogP contribution >= 0.6 is 11.8 Å². The van der Waals surface area contributed by atoms with E-state index in [0.717, 1.165) is 24.2 Å². The number of anilines is 1. The molecule has 2 aromatic rings. The largest absolute Gasteiger partial charge is 0.366 e. The molecule has 0 saturated carbocycles. The molecule has 1 saturated heterocycles. The number of hydrogen-bond donors (Lipinski definition) is 1. The molecule has 0 spiro atoms. The van der Waals surface area contributed by atoms with Gasteiger partial charge in [0.1, 0.15) is 0 Å². The molecule has 0 bridgehead atoms. The zero-order valence-corrected chi connectivity index (χ0v) is 19.1. The van der Waals surface area contributed by atoms with Crippen LogP contribution in [-0.4, -0.2) is 23.2 Å². The Morgan fingerprint density at radius 2 is 1.97 bits per heavy atom. The average molecular weight is 420 g/mol. The van der Waals surface area contributed by atoms with Crippen LogP contribution in [0.15, 0.2) is 52.4 Å². The van der Waals surface area contributed by atoms with E-state index in [-0.39, 0.29) is 11.4 Å². The first-order valence-electron chi connectivity index (χ1n) is 10.5. The van der Waals surface area contributed by atoms with Crippen LogP contribution in [0.2, 0.25) is 0 Å². The van der Waals surface area contributed by atoms with E-state index in [1.807, 2.05) is 37.3 Å². The molecule has 1 atom stereocenters. The molecule has 30 heavy (non-hydrogen) atoms. The number of carbonyl (C=O) groups excluding carboxylic acids is 1. The van der Waals surface area contributed by atoms with Crippen LogP contribution in [-0.2, 0) is 4.79 Å². The van der Waals surface area contributed by atoms with Crippen molar-refractivity contribution in [1.29, 1.82) is 0 Å². The van der Waals surface area contributed by atoms with Gasteiger partial charge in [0.25, 0.3) is 5.91 Å². The lowest BCUT2D eigenvalue weighted by Gasteiger charge is -2.47. The van der Waals surface area contributed by atoms with Gasteiger partial charge < -0.3 is 10.2 Å². The molecule has 5 heteroatoms. The van der Waals surface area contributed by atoms with Crippen molar-refractivity contribution in [2.45, 2.75) is 52.5 Å². The maximum absolute atomic E-state index is 12.5. The van der Waals surface area contributed by atoms with E-state index in [9.17, 15) is 4.79 Å². The van der Waals surface area contributed by atoms with Gasteiger partial charge in [-0.05, 0) is 93.3 Å². The summed E-state index contributed by atoms with van der Waals surface area (Å²) in [5, 5.41) is 3.51. The Hall–Kier alpha value is -2.53. The molecule has 1 amide bonds. The van der Waals surface area contributed by atoms with Crippen molar-refractivity contribution in [2.24, 2.45) is 4.99 Å². The highest BCUT2D eigenvalue weighted by molar-refractivity contribution is 8.18. The van der Waals surface area contributed by atoms with Gasteiger partial charge in [-0.25, -0.2) is 4.99 Å². The van der Waals surface area contributed by atoms with Crippen molar-refractivity contribution in [3.05, 3.63) is 64.1 Å².